The average Bonchev–Trinajstić information content (AvgIpc) is 3.21. The van der Waals surface area contributed by atoms with E-state index in [1.807, 2.05) is 30.5 Å². The molecule has 0 saturated carbocycles. The van der Waals surface area contributed by atoms with Crippen LogP contribution in [0.25, 0.3) is 16.5 Å². The number of nitrogens with zero attached hydrogens (tertiary/aromatic N) is 3. The molecule has 0 bridgehead atoms. The van der Waals surface area contributed by atoms with Crippen LogP contribution < -0.4 is 5.56 Å². The number of rotatable bonds is 5. The molecule has 0 fully saturated rings. The minimum atomic E-state index is -0.591. The molecule has 2 heterocycles. The fourth-order valence-corrected chi connectivity index (χ4v) is 3.60. The molecule has 7 heteroatoms. The standard InChI is InChI=1S/C21H17N3O3S/c1-2-18-22-14(13-28-18)12-27-21(26)19-16-10-6-7-11-17(16)20(25)24(23-19)15-8-4-3-5-9-15/h3-11,13H,2,12H2,1H3. The van der Waals surface area contributed by atoms with Crippen molar-refractivity contribution in [2.75, 3.05) is 0 Å². The first-order valence-corrected chi connectivity index (χ1v) is 9.73. The Morgan fingerprint density at radius 1 is 1.07 bits per heavy atom. The van der Waals surface area contributed by atoms with Crippen LogP contribution in [0.5, 0.6) is 0 Å². The molecule has 0 unspecified atom stereocenters. The van der Waals surface area contributed by atoms with E-state index in [1.165, 1.54) is 16.0 Å². The van der Waals surface area contributed by atoms with Gasteiger partial charge in [0.25, 0.3) is 5.56 Å². The Morgan fingerprint density at radius 3 is 2.50 bits per heavy atom. The third-order valence-electron chi connectivity index (χ3n) is 4.25. The molecule has 0 spiro atoms. The molecule has 140 valence electrons. The molecule has 0 aliphatic carbocycles. The van der Waals surface area contributed by atoms with Crippen LogP contribution in [0.15, 0.2) is 64.8 Å². The highest BCUT2D eigenvalue weighted by Crippen LogP contribution is 2.17. The van der Waals surface area contributed by atoms with Crippen molar-refractivity contribution in [3.05, 3.63) is 86.7 Å². The summed E-state index contributed by atoms with van der Waals surface area (Å²) in [6, 6.07) is 15.9. The summed E-state index contributed by atoms with van der Waals surface area (Å²) in [5.74, 6) is -0.591. The van der Waals surface area contributed by atoms with Crippen LogP contribution in [0, 0.1) is 0 Å². The zero-order chi connectivity index (χ0) is 19.5. The van der Waals surface area contributed by atoms with Gasteiger partial charge in [-0.2, -0.15) is 9.78 Å². The van der Waals surface area contributed by atoms with Gasteiger partial charge in [0.2, 0.25) is 0 Å². The lowest BCUT2D eigenvalue weighted by Crippen LogP contribution is -2.25. The van der Waals surface area contributed by atoms with E-state index in [4.69, 9.17) is 4.74 Å². The first-order valence-electron chi connectivity index (χ1n) is 8.85. The van der Waals surface area contributed by atoms with E-state index in [0.717, 1.165) is 11.4 Å². The van der Waals surface area contributed by atoms with Crippen LogP contribution in [0.3, 0.4) is 0 Å². The van der Waals surface area contributed by atoms with Gasteiger partial charge in [-0.05, 0) is 24.6 Å². The lowest BCUT2D eigenvalue weighted by molar-refractivity contribution is 0.0461. The Morgan fingerprint density at radius 2 is 1.79 bits per heavy atom. The third kappa shape index (κ3) is 3.44. The van der Waals surface area contributed by atoms with Crippen molar-refractivity contribution in [1.29, 1.82) is 0 Å². The third-order valence-corrected chi connectivity index (χ3v) is 5.29. The first kappa shape index (κ1) is 18.1. The lowest BCUT2D eigenvalue weighted by Gasteiger charge is -2.10. The molecule has 4 aromatic rings. The molecular formula is C21H17N3O3S. The summed E-state index contributed by atoms with van der Waals surface area (Å²) >= 11 is 1.54. The highest BCUT2D eigenvalue weighted by molar-refractivity contribution is 7.09. The number of ether oxygens (including phenoxy) is 1. The summed E-state index contributed by atoms with van der Waals surface area (Å²) in [6.07, 6.45) is 0.840. The van der Waals surface area contributed by atoms with Crippen molar-refractivity contribution in [1.82, 2.24) is 14.8 Å². The molecule has 4 rings (SSSR count). The molecule has 0 amide bonds. The molecule has 0 N–H and O–H groups in total. The van der Waals surface area contributed by atoms with E-state index in [2.05, 4.69) is 10.1 Å². The fourth-order valence-electron chi connectivity index (χ4n) is 2.87. The second-order valence-corrected chi connectivity index (χ2v) is 7.05. The van der Waals surface area contributed by atoms with Gasteiger partial charge in [-0.1, -0.05) is 43.3 Å². The summed E-state index contributed by atoms with van der Waals surface area (Å²) in [5.41, 5.74) is 1.10. The Hall–Kier alpha value is -3.32. The average molecular weight is 391 g/mol. The van der Waals surface area contributed by atoms with Crippen molar-refractivity contribution in [2.24, 2.45) is 0 Å². The number of carbonyl (C=O) groups excluding carboxylic acids is 1. The Balaban J connectivity index is 1.74. The molecule has 6 nitrogen and oxygen atoms in total. The molecule has 28 heavy (non-hydrogen) atoms. The predicted molar refractivity (Wildman–Crippen MR) is 108 cm³/mol. The zero-order valence-corrected chi connectivity index (χ0v) is 16.0. The van der Waals surface area contributed by atoms with E-state index in [-0.39, 0.29) is 17.9 Å². The summed E-state index contributed by atoms with van der Waals surface area (Å²) < 4.78 is 6.67. The number of fused-ring (bicyclic) bond motifs is 1. The quantitative estimate of drug-likeness (QED) is 0.484. The van der Waals surface area contributed by atoms with Gasteiger partial charge in [-0.25, -0.2) is 9.78 Å². The van der Waals surface area contributed by atoms with Gasteiger partial charge in [0.15, 0.2) is 5.69 Å². The van der Waals surface area contributed by atoms with Crippen LogP contribution in [0.2, 0.25) is 0 Å². The first-order chi connectivity index (χ1) is 13.7. The van der Waals surface area contributed by atoms with Crippen LogP contribution >= 0.6 is 11.3 Å². The number of hydrogen-bond acceptors (Lipinski definition) is 6. The maximum atomic E-state index is 12.9. The second-order valence-electron chi connectivity index (χ2n) is 6.11. The number of aryl methyl sites for hydroxylation is 1. The van der Waals surface area contributed by atoms with Crippen molar-refractivity contribution >= 4 is 28.1 Å². The van der Waals surface area contributed by atoms with E-state index >= 15 is 0 Å². The summed E-state index contributed by atoms with van der Waals surface area (Å²) in [4.78, 5) is 30.0. The van der Waals surface area contributed by atoms with Crippen molar-refractivity contribution < 1.29 is 9.53 Å². The Bertz CT molecular complexity index is 1200. The Kier molecular flexibility index (Phi) is 4.99. The molecular weight excluding hydrogens is 374 g/mol. The zero-order valence-electron chi connectivity index (χ0n) is 15.2. The topological polar surface area (TPSA) is 74.1 Å². The van der Waals surface area contributed by atoms with Crippen molar-refractivity contribution in [3.63, 3.8) is 0 Å². The van der Waals surface area contributed by atoms with E-state index in [9.17, 15) is 9.59 Å². The Labute approximate surface area is 165 Å². The van der Waals surface area contributed by atoms with Crippen molar-refractivity contribution in [3.8, 4) is 5.69 Å². The smallest absolute Gasteiger partial charge is 0.359 e. The molecule has 0 radical (unpaired) electrons. The normalized spacial score (nSPS) is 10.9. The van der Waals surface area contributed by atoms with Crippen LogP contribution in [-0.4, -0.2) is 20.7 Å². The minimum absolute atomic E-state index is 0.0653. The number of hydrogen-bond donors (Lipinski definition) is 0. The lowest BCUT2D eigenvalue weighted by atomic mass is 10.1. The fraction of sp³-hybridized carbons (Fsp3) is 0.143. The van der Waals surface area contributed by atoms with Gasteiger partial charge in [-0.15, -0.1) is 11.3 Å². The predicted octanol–water partition coefficient (Wildman–Crippen LogP) is 3.76. The van der Waals surface area contributed by atoms with Gasteiger partial charge < -0.3 is 4.74 Å². The van der Waals surface area contributed by atoms with Crippen LogP contribution in [0.4, 0.5) is 0 Å². The molecule has 2 aromatic heterocycles. The number of para-hydroxylation sites is 1. The van der Waals surface area contributed by atoms with E-state index in [1.54, 1.807) is 36.4 Å². The molecule has 0 saturated heterocycles. The highest BCUT2D eigenvalue weighted by Gasteiger charge is 2.19. The van der Waals surface area contributed by atoms with Gasteiger partial charge in [0.05, 0.1) is 21.8 Å². The monoisotopic (exact) mass is 391 g/mol. The maximum Gasteiger partial charge on any atom is 0.359 e. The van der Waals surface area contributed by atoms with Crippen molar-refractivity contribution in [2.45, 2.75) is 20.0 Å². The minimum Gasteiger partial charge on any atom is -0.454 e. The van der Waals surface area contributed by atoms with Gasteiger partial charge in [0.1, 0.15) is 6.61 Å². The number of esters is 1. The number of benzene rings is 2. The van der Waals surface area contributed by atoms with Gasteiger partial charge in [-0.3, -0.25) is 4.79 Å². The van der Waals surface area contributed by atoms with Crippen LogP contribution in [-0.2, 0) is 17.8 Å². The molecule has 0 aliphatic heterocycles. The summed E-state index contributed by atoms with van der Waals surface area (Å²) in [6.45, 7) is 2.09. The number of aromatic nitrogens is 3. The largest absolute Gasteiger partial charge is 0.454 e. The van der Waals surface area contributed by atoms with Gasteiger partial charge >= 0.3 is 5.97 Å². The number of carbonyl (C=O) groups is 1. The second kappa shape index (κ2) is 7.74. The number of thiazole rings is 1. The maximum absolute atomic E-state index is 12.9. The van der Waals surface area contributed by atoms with E-state index < -0.39 is 5.97 Å². The molecule has 0 aliphatic rings. The highest BCUT2D eigenvalue weighted by atomic mass is 32.1. The molecule has 2 aromatic carbocycles. The molecule has 0 atom stereocenters. The van der Waals surface area contributed by atoms with E-state index in [0.29, 0.717) is 22.2 Å². The van der Waals surface area contributed by atoms with Crippen LogP contribution in [0.1, 0.15) is 28.1 Å². The summed E-state index contributed by atoms with van der Waals surface area (Å²) in [7, 11) is 0. The SMILES string of the molecule is CCc1nc(COC(=O)c2nn(-c3ccccc3)c(=O)c3ccccc23)cs1. The summed E-state index contributed by atoms with van der Waals surface area (Å²) in [5, 5.41) is 8.07. The van der Waals surface area contributed by atoms with Gasteiger partial charge in [0, 0.05) is 10.8 Å².